The summed E-state index contributed by atoms with van der Waals surface area (Å²) >= 11 is 0. The summed E-state index contributed by atoms with van der Waals surface area (Å²) in [7, 11) is 0. The van der Waals surface area contributed by atoms with E-state index < -0.39 is 0 Å². The molecule has 0 radical (unpaired) electrons. The summed E-state index contributed by atoms with van der Waals surface area (Å²) in [4.78, 5) is 24.3. The van der Waals surface area contributed by atoms with Crippen LogP contribution >= 0.6 is 0 Å². The van der Waals surface area contributed by atoms with Crippen molar-refractivity contribution in [3.05, 3.63) is 34.4 Å². The lowest BCUT2D eigenvalue weighted by atomic mass is 9.88. The number of rotatable bonds is 14. The zero-order chi connectivity index (χ0) is 22.7. The van der Waals surface area contributed by atoms with Gasteiger partial charge in [0.2, 0.25) is 0 Å². The molecule has 0 amide bonds. The average molecular weight is 415 g/mol. The van der Waals surface area contributed by atoms with Gasteiger partial charge in [0.1, 0.15) is 0 Å². The van der Waals surface area contributed by atoms with Crippen molar-refractivity contribution in [2.75, 3.05) is 0 Å². The highest BCUT2D eigenvalue weighted by Crippen LogP contribution is 2.24. The molecule has 0 heterocycles. The minimum absolute atomic E-state index is 0.0174. The second-order valence-electron chi connectivity index (χ2n) is 10.2. The van der Waals surface area contributed by atoms with E-state index in [1.165, 1.54) is 63.0 Å². The van der Waals surface area contributed by atoms with E-state index in [2.05, 4.69) is 40.7 Å². The topological polar surface area (TPSA) is 34.1 Å². The normalized spacial score (nSPS) is 17.6. The van der Waals surface area contributed by atoms with E-state index in [1.807, 2.05) is 0 Å². The zero-order valence-electron chi connectivity index (χ0n) is 20.8. The molecule has 1 rings (SSSR count). The molecule has 0 aromatic rings. The van der Waals surface area contributed by atoms with Gasteiger partial charge in [-0.05, 0) is 63.9 Å². The van der Waals surface area contributed by atoms with E-state index in [4.69, 9.17) is 0 Å². The van der Waals surface area contributed by atoms with Gasteiger partial charge in [0.15, 0.2) is 11.6 Å². The van der Waals surface area contributed by atoms with Gasteiger partial charge >= 0.3 is 0 Å². The molecule has 0 aromatic carbocycles. The van der Waals surface area contributed by atoms with E-state index in [0.717, 1.165) is 24.2 Å². The first-order valence-electron chi connectivity index (χ1n) is 12.2. The van der Waals surface area contributed by atoms with Crippen LogP contribution in [0.2, 0.25) is 0 Å². The molecule has 2 nitrogen and oxygen atoms in total. The number of hydrogen-bond acceptors (Lipinski definition) is 2. The first-order valence-corrected chi connectivity index (χ1v) is 12.2. The number of carbonyl (C=O) groups excluding carboxylic acids is 2. The van der Waals surface area contributed by atoms with Crippen LogP contribution in [0.5, 0.6) is 0 Å². The van der Waals surface area contributed by atoms with Gasteiger partial charge in [0, 0.05) is 16.7 Å². The lowest BCUT2D eigenvalue weighted by Crippen LogP contribution is -2.16. The monoisotopic (exact) mass is 414 g/mol. The predicted octanol–water partition coefficient (Wildman–Crippen LogP) is 8.18. The van der Waals surface area contributed by atoms with Crippen molar-refractivity contribution < 1.29 is 9.59 Å². The molecule has 1 aliphatic rings. The summed E-state index contributed by atoms with van der Waals surface area (Å²) in [5.74, 6) is 2.50. The first kappa shape index (κ1) is 26.6. The van der Waals surface area contributed by atoms with Gasteiger partial charge in [-0.1, -0.05) is 84.3 Å². The van der Waals surface area contributed by atoms with Crippen LogP contribution in [0.3, 0.4) is 0 Å². The Hall–Kier alpha value is -1.44. The summed E-state index contributed by atoms with van der Waals surface area (Å²) in [5.41, 5.74) is 3.18. The molecular formula is C28H46O2. The predicted molar refractivity (Wildman–Crippen MR) is 130 cm³/mol. The minimum Gasteiger partial charge on any atom is -0.290 e. The van der Waals surface area contributed by atoms with Crippen LogP contribution in [0.15, 0.2) is 34.4 Å². The molecule has 1 aliphatic carbocycles. The average Bonchev–Trinajstić information content (AvgIpc) is 2.66. The molecule has 2 heteroatoms. The quantitative estimate of drug-likeness (QED) is 0.212. The third-order valence-corrected chi connectivity index (χ3v) is 6.60. The molecule has 0 N–H and O–H groups in total. The number of Topliss-reactive ketones (excluding diaryl/α,β-unsaturated/α-hetero) is 1. The van der Waals surface area contributed by atoms with Crippen LogP contribution in [0, 0.1) is 17.8 Å². The Morgan fingerprint density at radius 3 is 1.97 bits per heavy atom. The van der Waals surface area contributed by atoms with Crippen LogP contribution in [0.4, 0.5) is 0 Å². The molecule has 0 aliphatic heterocycles. The van der Waals surface area contributed by atoms with Crippen molar-refractivity contribution in [2.24, 2.45) is 17.8 Å². The van der Waals surface area contributed by atoms with Crippen molar-refractivity contribution in [2.45, 2.75) is 113 Å². The molecule has 0 unspecified atom stereocenters. The lowest BCUT2D eigenvalue weighted by molar-refractivity contribution is -0.115. The van der Waals surface area contributed by atoms with Gasteiger partial charge in [0.05, 0.1) is 0 Å². The van der Waals surface area contributed by atoms with Crippen molar-refractivity contribution in [1.82, 2.24) is 0 Å². The van der Waals surface area contributed by atoms with E-state index in [9.17, 15) is 9.59 Å². The van der Waals surface area contributed by atoms with Crippen molar-refractivity contribution in [3.63, 3.8) is 0 Å². The van der Waals surface area contributed by atoms with E-state index in [0.29, 0.717) is 23.1 Å². The second kappa shape index (κ2) is 13.8. The number of allylic oxidation sites excluding steroid dienone is 6. The Morgan fingerprint density at radius 2 is 1.40 bits per heavy atom. The summed E-state index contributed by atoms with van der Waals surface area (Å²) in [6.45, 7) is 15.1. The molecule has 0 fully saturated rings. The van der Waals surface area contributed by atoms with Crippen LogP contribution < -0.4 is 0 Å². The van der Waals surface area contributed by atoms with Gasteiger partial charge < -0.3 is 0 Å². The molecular weight excluding hydrogens is 368 g/mol. The molecule has 170 valence electrons. The maximum absolute atomic E-state index is 12.3. The largest absolute Gasteiger partial charge is 0.290 e. The van der Waals surface area contributed by atoms with E-state index in [1.54, 1.807) is 13.8 Å². The first-order chi connectivity index (χ1) is 14.1. The van der Waals surface area contributed by atoms with Crippen LogP contribution in [-0.2, 0) is 9.59 Å². The third kappa shape index (κ3) is 10.0. The zero-order valence-corrected chi connectivity index (χ0v) is 20.8. The van der Waals surface area contributed by atoms with Gasteiger partial charge in [-0.3, -0.25) is 9.59 Å². The molecule has 0 bridgehead atoms. The van der Waals surface area contributed by atoms with Crippen molar-refractivity contribution in [3.8, 4) is 0 Å². The number of hydrogen-bond donors (Lipinski definition) is 0. The highest BCUT2D eigenvalue weighted by molar-refractivity contribution is 6.22. The maximum Gasteiger partial charge on any atom is 0.185 e. The van der Waals surface area contributed by atoms with Crippen molar-refractivity contribution >= 4 is 11.6 Å². The van der Waals surface area contributed by atoms with Gasteiger partial charge in [-0.25, -0.2) is 0 Å². The molecule has 2 atom stereocenters. The van der Waals surface area contributed by atoms with E-state index >= 15 is 0 Å². The fourth-order valence-electron chi connectivity index (χ4n) is 4.26. The highest BCUT2D eigenvalue weighted by Gasteiger charge is 2.22. The number of ketones is 2. The Labute approximate surface area is 186 Å². The SMILES string of the molecule is CC(=CCC1=C(C)C(=O)C=C(C)C1=O)CCC[C@H](C)CCC[C@H](C)CCCC(C)C. The molecule has 0 saturated heterocycles. The smallest absolute Gasteiger partial charge is 0.185 e. The fraction of sp³-hybridized carbons (Fsp3) is 0.714. The maximum atomic E-state index is 12.3. The second-order valence-corrected chi connectivity index (χ2v) is 10.2. The summed E-state index contributed by atoms with van der Waals surface area (Å²) in [5, 5.41) is 0. The third-order valence-electron chi connectivity index (χ3n) is 6.60. The Bertz CT molecular complexity index is 660. The Kier molecular flexibility index (Phi) is 12.2. The van der Waals surface area contributed by atoms with Crippen LogP contribution in [0.1, 0.15) is 113 Å². The molecule has 0 saturated carbocycles. The minimum atomic E-state index is -0.0174. The molecule has 0 spiro atoms. The van der Waals surface area contributed by atoms with Gasteiger partial charge in [-0.15, -0.1) is 0 Å². The van der Waals surface area contributed by atoms with Crippen LogP contribution in [-0.4, -0.2) is 11.6 Å². The standard InChI is InChI=1S/C28H46O2/c1-20(2)11-8-12-21(3)13-9-14-22(4)15-10-16-23(5)17-18-26-25(7)27(29)19-24(6)28(26)30/h17,19-22H,8-16,18H2,1-7H3/t21-,22-/m1/s1. The van der Waals surface area contributed by atoms with E-state index in [-0.39, 0.29) is 11.6 Å². The van der Waals surface area contributed by atoms with Crippen molar-refractivity contribution in [1.29, 1.82) is 0 Å². The summed E-state index contributed by atoms with van der Waals surface area (Å²) < 4.78 is 0. The van der Waals surface area contributed by atoms with Gasteiger partial charge in [-0.2, -0.15) is 0 Å². The molecule has 30 heavy (non-hydrogen) atoms. The Morgan fingerprint density at radius 1 is 0.867 bits per heavy atom. The Balaban J connectivity index is 2.25. The highest BCUT2D eigenvalue weighted by atomic mass is 16.1. The summed E-state index contributed by atoms with van der Waals surface area (Å²) in [6, 6.07) is 0. The van der Waals surface area contributed by atoms with Gasteiger partial charge in [0.25, 0.3) is 0 Å². The van der Waals surface area contributed by atoms with Crippen LogP contribution in [0.25, 0.3) is 0 Å². The molecule has 0 aromatic heterocycles. The number of carbonyl (C=O) groups is 2. The lowest BCUT2D eigenvalue weighted by Gasteiger charge is -2.15. The summed E-state index contributed by atoms with van der Waals surface area (Å²) in [6.07, 6.45) is 15.9. The fourth-order valence-corrected chi connectivity index (χ4v) is 4.26.